The summed E-state index contributed by atoms with van der Waals surface area (Å²) in [5.41, 5.74) is 6.26. The molecule has 2 rings (SSSR count). The fraction of sp³-hybridized carbons (Fsp3) is 0.250. The summed E-state index contributed by atoms with van der Waals surface area (Å²) in [6, 6.07) is 11.1. The number of amides is 2. The van der Waals surface area contributed by atoms with Crippen LogP contribution in [0.1, 0.15) is 28.9 Å². The van der Waals surface area contributed by atoms with Gasteiger partial charge in [-0.25, -0.2) is 0 Å². The minimum atomic E-state index is -0.380. The highest BCUT2D eigenvalue weighted by Gasteiger charge is 2.07. The first-order valence-electron chi connectivity index (χ1n) is 7.07. The summed E-state index contributed by atoms with van der Waals surface area (Å²) in [5, 5.41) is 0. The van der Waals surface area contributed by atoms with Gasteiger partial charge in [-0.05, 0) is 37.6 Å². The first kappa shape index (κ1) is 15.6. The molecule has 3 N–H and O–H groups in total. The molecule has 2 amide bonds. The van der Waals surface area contributed by atoms with Crippen molar-refractivity contribution in [2.24, 2.45) is 0 Å². The van der Waals surface area contributed by atoms with Gasteiger partial charge >= 0.3 is 0 Å². The summed E-state index contributed by atoms with van der Waals surface area (Å²) in [4.78, 5) is 25.9. The lowest BCUT2D eigenvalue weighted by Gasteiger charge is -2.08. The maximum atomic E-state index is 11.6. The quantitative estimate of drug-likeness (QED) is 0.563. The van der Waals surface area contributed by atoms with Crippen molar-refractivity contribution in [3.8, 4) is 5.75 Å². The zero-order valence-electron chi connectivity index (χ0n) is 12.4. The fourth-order valence-electron chi connectivity index (χ4n) is 1.79. The molecule has 1 aromatic heterocycles. The lowest BCUT2D eigenvalue weighted by Crippen LogP contribution is -2.41. The Bertz CT molecular complexity index is 606. The zero-order chi connectivity index (χ0) is 15.8. The minimum absolute atomic E-state index is 0.257. The first-order chi connectivity index (χ1) is 10.6. The molecule has 2 aromatic rings. The highest BCUT2D eigenvalue weighted by molar-refractivity contribution is 5.93. The van der Waals surface area contributed by atoms with Crippen LogP contribution in [0.5, 0.6) is 5.75 Å². The number of rotatable bonds is 6. The van der Waals surface area contributed by atoms with E-state index in [0.29, 0.717) is 18.7 Å². The highest BCUT2D eigenvalue weighted by atomic mass is 16.5. The van der Waals surface area contributed by atoms with Crippen molar-refractivity contribution >= 4 is 11.8 Å². The van der Waals surface area contributed by atoms with Crippen LogP contribution in [0.15, 0.2) is 42.6 Å². The van der Waals surface area contributed by atoms with Gasteiger partial charge in [-0.1, -0.05) is 17.7 Å². The van der Waals surface area contributed by atoms with Gasteiger partial charge in [-0.3, -0.25) is 20.4 Å². The van der Waals surface area contributed by atoms with Crippen molar-refractivity contribution in [1.29, 1.82) is 0 Å². The van der Waals surface area contributed by atoms with Gasteiger partial charge in [0, 0.05) is 12.6 Å². The number of carbonyl (C=O) groups is 2. The monoisotopic (exact) mass is 301 g/mol. The summed E-state index contributed by atoms with van der Waals surface area (Å²) in [6.45, 7) is 2.46. The summed E-state index contributed by atoms with van der Waals surface area (Å²) in [7, 11) is 0. The Kier molecular flexibility index (Phi) is 5.59. The number of hydrogen-bond acceptors (Lipinski definition) is 3. The Morgan fingerprint density at radius 2 is 1.91 bits per heavy atom. The van der Waals surface area contributed by atoms with E-state index in [1.165, 1.54) is 5.56 Å². The number of ether oxygens (including phenoxy) is 1. The first-order valence-corrected chi connectivity index (χ1v) is 7.07. The van der Waals surface area contributed by atoms with E-state index in [0.717, 1.165) is 5.75 Å². The maximum Gasteiger partial charge on any atom is 0.286 e. The molecule has 0 aliphatic rings. The molecule has 22 heavy (non-hydrogen) atoms. The smallest absolute Gasteiger partial charge is 0.286 e. The SMILES string of the molecule is Cc1ccc(OCCCC(=O)NNC(=O)c2ccc[nH]2)cc1. The molecule has 0 fully saturated rings. The molecule has 0 atom stereocenters. The lowest BCUT2D eigenvalue weighted by molar-refractivity contribution is -0.122. The van der Waals surface area contributed by atoms with Gasteiger partial charge in [0.25, 0.3) is 5.91 Å². The van der Waals surface area contributed by atoms with Gasteiger partial charge in [0.1, 0.15) is 11.4 Å². The van der Waals surface area contributed by atoms with Crippen LogP contribution in [0.2, 0.25) is 0 Å². The molecular formula is C16H19N3O3. The molecule has 0 unspecified atom stereocenters. The summed E-state index contributed by atoms with van der Waals surface area (Å²) < 4.78 is 5.52. The standard InChI is InChI=1S/C16H19N3O3/c1-12-6-8-13(9-7-12)22-11-3-5-15(20)18-19-16(21)14-4-2-10-17-14/h2,4,6-10,17H,3,5,11H2,1H3,(H,18,20)(H,19,21). The van der Waals surface area contributed by atoms with E-state index in [1.54, 1.807) is 18.3 Å². The van der Waals surface area contributed by atoms with Gasteiger partial charge in [0.2, 0.25) is 5.91 Å². The van der Waals surface area contributed by atoms with Crippen molar-refractivity contribution in [2.75, 3.05) is 6.61 Å². The zero-order valence-corrected chi connectivity index (χ0v) is 12.4. The van der Waals surface area contributed by atoms with E-state index < -0.39 is 0 Å². The second kappa shape index (κ2) is 7.87. The van der Waals surface area contributed by atoms with Gasteiger partial charge in [-0.15, -0.1) is 0 Å². The van der Waals surface area contributed by atoms with Crippen molar-refractivity contribution in [3.63, 3.8) is 0 Å². The molecule has 0 radical (unpaired) electrons. The molecule has 6 heteroatoms. The topological polar surface area (TPSA) is 83.2 Å². The fourth-order valence-corrected chi connectivity index (χ4v) is 1.79. The molecule has 0 spiro atoms. The summed E-state index contributed by atoms with van der Waals surface area (Å²) in [6.07, 6.45) is 2.48. The third-order valence-corrected chi connectivity index (χ3v) is 3.00. The van der Waals surface area contributed by atoms with Crippen molar-refractivity contribution < 1.29 is 14.3 Å². The molecule has 0 bridgehead atoms. The van der Waals surface area contributed by atoms with Crippen molar-refractivity contribution in [1.82, 2.24) is 15.8 Å². The number of H-pyrrole nitrogens is 1. The number of aromatic amines is 1. The van der Waals surface area contributed by atoms with Gasteiger partial charge < -0.3 is 9.72 Å². The molecule has 0 aliphatic heterocycles. The van der Waals surface area contributed by atoms with Crippen LogP contribution in [0.3, 0.4) is 0 Å². The Morgan fingerprint density at radius 1 is 1.14 bits per heavy atom. The van der Waals surface area contributed by atoms with E-state index in [4.69, 9.17) is 4.74 Å². The second-order valence-electron chi connectivity index (χ2n) is 4.85. The molecule has 0 aliphatic carbocycles. The molecular weight excluding hydrogens is 282 g/mol. The predicted molar refractivity (Wildman–Crippen MR) is 82.3 cm³/mol. The number of aromatic nitrogens is 1. The largest absolute Gasteiger partial charge is 0.494 e. The third-order valence-electron chi connectivity index (χ3n) is 3.00. The van der Waals surface area contributed by atoms with E-state index in [-0.39, 0.29) is 18.2 Å². The Morgan fingerprint density at radius 3 is 2.59 bits per heavy atom. The number of hydrogen-bond donors (Lipinski definition) is 3. The normalized spacial score (nSPS) is 10.0. The van der Waals surface area contributed by atoms with E-state index in [2.05, 4.69) is 15.8 Å². The average Bonchev–Trinajstić information content (AvgIpc) is 3.05. The lowest BCUT2D eigenvalue weighted by atomic mass is 10.2. The second-order valence-corrected chi connectivity index (χ2v) is 4.85. The molecule has 1 heterocycles. The van der Waals surface area contributed by atoms with Crippen LogP contribution >= 0.6 is 0 Å². The van der Waals surface area contributed by atoms with Crippen LogP contribution < -0.4 is 15.6 Å². The summed E-state index contributed by atoms with van der Waals surface area (Å²) in [5.74, 6) is 0.146. The highest BCUT2D eigenvalue weighted by Crippen LogP contribution is 2.11. The van der Waals surface area contributed by atoms with E-state index >= 15 is 0 Å². The molecule has 116 valence electrons. The number of nitrogens with one attached hydrogen (secondary N) is 3. The van der Waals surface area contributed by atoms with Gasteiger partial charge in [0.15, 0.2) is 0 Å². The Labute approximate surface area is 128 Å². The van der Waals surface area contributed by atoms with Crippen LogP contribution in [-0.4, -0.2) is 23.4 Å². The van der Waals surface area contributed by atoms with Crippen LogP contribution in [-0.2, 0) is 4.79 Å². The summed E-state index contributed by atoms with van der Waals surface area (Å²) >= 11 is 0. The average molecular weight is 301 g/mol. The van der Waals surface area contributed by atoms with Crippen LogP contribution in [0.25, 0.3) is 0 Å². The van der Waals surface area contributed by atoms with Gasteiger partial charge in [0.05, 0.1) is 6.61 Å². The van der Waals surface area contributed by atoms with Crippen molar-refractivity contribution in [3.05, 3.63) is 53.9 Å². The number of aryl methyl sites for hydroxylation is 1. The minimum Gasteiger partial charge on any atom is -0.494 e. The maximum absolute atomic E-state index is 11.6. The molecule has 1 aromatic carbocycles. The van der Waals surface area contributed by atoms with E-state index in [9.17, 15) is 9.59 Å². The molecule has 0 saturated carbocycles. The Hall–Kier alpha value is -2.76. The van der Waals surface area contributed by atoms with Crippen LogP contribution in [0.4, 0.5) is 0 Å². The molecule has 6 nitrogen and oxygen atoms in total. The van der Waals surface area contributed by atoms with Crippen molar-refractivity contribution in [2.45, 2.75) is 19.8 Å². The Balaban J connectivity index is 1.59. The predicted octanol–water partition coefficient (Wildman–Crippen LogP) is 1.94. The molecule has 0 saturated heterocycles. The van der Waals surface area contributed by atoms with E-state index in [1.807, 2.05) is 31.2 Å². The number of hydrazine groups is 1. The number of carbonyl (C=O) groups excluding carboxylic acids is 2. The van der Waals surface area contributed by atoms with Crippen LogP contribution in [0, 0.1) is 6.92 Å². The van der Waals surface area contributed by atoms with Gasteiger partial charge in [-0.2, -0.15) is 0 Å². The number of benzene rings is 1. The third kappa shape index (κ3) is 4.97.